The van der Waals surface area contributed by atoms with Gasteiger partial charge in [-0.25, -0.2) is 0 Å². The topological polar surface area (TPSA) is 12.0 Å². The zero-order valence-electron chi connectivity index (χ0n) is 6.40. The van der Waals surface area contributed by atoms with E-state index in [1.807, 2.05) is 0 Å². The predicted molar refractivity (Wildman–Crippen MR) is 40.8 cm³/mol. The Bertz CT molecular complexity index is 160. The van der Waals surface area contributed by atoms with Gasteiger partial charge >= 0.3 is 0 Å². The molecular formula is C9H15N. The fraction of sp³-hybridized carbons (Fsp3) is 1.00. The number of nitrogens with one attached hydrogen (secondary N) is 1. The highest BCUT2D eigenvalue weighted by Crippen LogP contribution is 2.55. The molecule has 0 amide bonds. The molecule has 0 aromatic rings. The largest absolute Gasteiger partial charge is 0.311 e. The van der Waals surface area contributed by atoms with Crippen LogP contribution in [0.5, 0.6) is 0 Å². The first kappa shape index (κ1) is 5.59. The summed E-state index contributed by atoms with van der Waals surface area (Å²) in [4.78, 5) is 0. The van der Waals surface area contributed by atoms with Gasteiger partial charge in [0.05, 0.1) is 0 Å². The maximum absolute atomic E-state index is 3.71. The summed E-state index contributed by atoms with van der Waals surface area (Å²) in [7, 11) is 0. The molecule has 3 fully saturated rings. The molecule has 10 heavy (non-hydrogen) atoms. The second-order valence-corrected chi connectivity index (χ2v) is 4.33. The molecule has 0 unspecified atom stereocenters. The lowest BCUT2D eigenvalue weighted by molar-refractivity contribution is 0.396. The van der Waals surface area contributed by atoms with Crippen molar-refractivity contribution in [2.45, 2.75) is 37.6 Å². The van der Waals surface area contributed by atoms with Crippen LogP contribution in [-0.2, 0) is 0 Å². The molecule has 2 aliphatic carbocycles. The van der Waals surface area contributed by atoms with Crippen LogP contribution in [0.3, 0.4) is 0 Å². The third kappa shape index (κ3) is 0.531. The lowest BCUT2D eigenvalue weighted by atomic mass is 9.92. The molecule has 0 aromatic carbocycles. The minimum atomic E-state index is 0.696. The van der Waals surface area contributed by atoms with E-state index in [-0.39, 0.29) is 0 Å². The van der Waals surface area contributed by atoms with E-state index in [2.05, 4.69) is 5.32 Å². The Morgan fingerprint density at radius 1 is 1.20 bits per heavy atom. The molecule has 2 saturated carbocycles. The summed E-state index contributed by atoms with van der Waals surface area (Å²) in [6.45, 7) is 1.34. The lowest BCUT2D eigenvalue weighted by Crippen LogP contribution is -2.28. The van der Waals surface area contributed by atoms with Crippen LogP contribution >= 0.6 is 0 Å². The molecule has 1 saturated heterocycles. The summed E-state index contributed by atoms with van der Waals surface area (Å²) in [5.74, 6) is 2.16. The van der Waals surface area contributed by atoms with Gasteiger partial charge in [-0.3, -0.25) is 0 Å². The molecular weight excluding hydrogens is 122 g/mol. The minimum absolute atomic E-state index is 0.696. The lowest BCUT2D eigenvalue weighted by Gasteiger charge is -2.15. The monoisotopic (exact) mass is 137 g/mol. The van der Waals surface area contributed by atoms with Crippen LogP contribution in [0.15, 0.2) is 0 Å². The maximum Gasteiger partial charge on any atom is 0.0214 e. The molecule has 2 atom stereocenters. The Morgan fingerprint density at radius 2 is 2.10 bits per heavy atom. The van der Waals surface area contributed by atoms with Gasteiger partial charge in [0.25, 0.3) is 0 Å². The van der Waals surface area contributed by atoms with Crippen molar-refractivity contribution >= 4 is 0 Å². The van der Waals surface area contributed by atoms with Crippen molar-refractivity contribution in [1.29, 1.82) is 0 Å². The van der Waals surface area contributed by atoms with Crippen LogP contribution in [0.1, 0.15) is 32.1 Å². The van der Waals surface area contributed by atoms with Gasteiger partial charge in [-0.2, -0.15) is 0 Å². The first-order valence-electron chi connectivity index (χ1n) is 4.66. The summed E-state index contributed by atoms with van der Waals surface area (Å²) < 4.78 is 0. The summed E-state index contributed by atoms with van der Waals surface area (Å²) in [5.41, 5.74) is 0.696. The zero-order valence-corrected chi connectivity index (χ0v) is 6.40. The summed E-state index contributed by atoms with van der Waals surface area (Å²) in [6.07, 6.45) is 7.51. The quantitative estimate of drug-likeness (QED) is 0.534. The highest BCUT2D eigenvalue weighted by Gasteiger charge is 2.56. The molecule has 1 nitrogen and oxygen atoms in total. The number of hydrogen-bond acceptors (Lipinski definition) is 1. The molecule has 1 spiro atoms. The van der Waals surface area contributed by atoms with Crippen LogP contribution < -0.4 is 5.32 Å². The first-order valence-corrected chi connectivity index (χ1v) is 4.66. The number of fused-ring (bicyclic) bond motifs is 2. The Hall–Kier alpha value is -0.0400. The molecule has 1 N–H and O–H groups in total. The van der Waals surface area contributed by atoms with Crippen molar-refractivity contribution in [3.63, 3.8) is 0 Å². The first-order chi connectivity index (χ1) is 4.91. The van der Waals surface area contributed by atoms with Crippen molar-refractivity contribution in [2.24, 2.45) is 11.8 Å². The van der Waals surface area contributed by atoms with Gasteiger partial charge in [-0.05, 0) is 44.1 Å². The average molecular weight is 137 g/mol. The van der Waals surface area contributed by atoms with E-state index in [9.17, 15) is 0 Å². The van der Waals surface area contributed by atoms with Gasteiger partial charge < -0.3 is 5.32 Å². The normalized spacial score (nSPS) is 48.0. The zero-order chi connectivity index (χ0) is 6.60. The Kier molecular flexibility index (Phi) is 0.883. The molecule has 3 aliphatic rings. The molecule has 0 bridgehead atoms. The smallest absolute Gasteiger partial charge is 0.0214 e. The Balaban J connectivity index is 1.90. The van der Waals surface area contributed by atoms with E-state index >= 15 is 0 Å². The maximum atomic E-state index is 3.71. The van der Waals surface area contributed by atoms with Gasteiger partial charge in [-0.1, -0.05) is 6.42 Å². The summed E-state index contributed by atoms with van der Waals surface area (Å²) >= 11 is 0. The second kappa shape index (κ2) is 1.58. The fourth-order valence-corrected chi connectivity index (χ4v) is 3.16. The van der Waals surface area contributed by atoms with Crippen LogP contribution in [0.4, 0.5) is 0 Å². The molecule has 1 aliphatic heterocycles. The molecule has 3 rings (SSSR count). The van der Waals surface area contributed by atoms with Gasteiger partial charge in [0.15, 0.2) is 0 Å². The van der Waals surface area contributed by atoms with E-state index in [0.717, 1.165) is 11.8 Å². The Morgan fingerprint density at radius 3 is 2.90 bits per heavy atom. The summed E-state index contributed by atoms with van der Waals surface area (Å²) in [5, 5.41) is 3.71. The minimum Gasteiger partial charge on any atom is -0.311 e. The summed E-state index contributed by atoms with van der Waals surface area (Å²) in [6, 6.07) is 0. The third-order valence-corrected chi connectivity index (χ3v) is 3.87. The fourth-order valence-electron chi connectivity index (χ4n) is 3.16. The van der Waals surface area contributed by atoms with Crippen molar-refractivity contribution in [3.05, 3.63) is 0 Å². The van der Waals surface area contributed by atoms with Crippen molar-refractivity contribution in [2.75, 3.05) is 6.54 Å². The highest BCUT2D eigenvalue weighted by molar-refractivity contribution is 5.14. The Labute approximate surface area is 62.2 Å². The van der Waals surface area contributed by atoms with Crippen LogP contribution in [0.2, 0.25) is 0 Å². The van der Waals surface area contributed by atoms with Crippen molar-refractivity contribution in [1.82, 2.24) is 5.32 Å². The number of hydrogen-bond donors (Lipinski definition) is 1. The van der Waals surface area contributed by atoms with E-state index in [1.54, 1.807) is 0 Å². The third-order valence-electron chi connectivity index (χ3n) is 3.87. The van der Waals surface area contributed by atoms with E-state index < -0.39 is 0 Å². The predicted octanol–water partition coefficient (Wildman–Crippen LogP) is 1.54. The van der Waals surface area contributed by atoms with Crippen molar-refractivity contribution in [3.8, 4) is 0 Å². The van der Waals surface area contributed by atoms with E-state index in [4.69, 9.17) is 0 Å². The van der Waals surface area contributed by atoms with Gasteiger partial charge in [0.2, 0.25) is 0 Å². The molecule has 0 radical (unpaired) electrons. The second-order valence-electron chi connectivity index (χ2n) is 4.33. The van der Waals surface area contributed by atoms with Crippen molar-refractivity contribution < 1.29 is 0 Å². The van der Waals surface area contributed by atoms with Crippen LogP contribution in [0.25, 0.3) is 0 Å². The molecule has 1 heterocycles. The van der Waals surface area contributed by atoms with Gasteiger partial charge in [0, 0.05) is 5.54 Å². The van der Waals surface area contributed by atoms with Crippen LogP contribution in [-0.4, -0.2) is 12.1 Å². The van der Waals surface area contributed by atoms with E-state index in [1.165, 1.54) is 38.6 Å². The number of rotatable bonds is 0. The van der Waals surface area contributed by atoms with Gasteiger partial charge in [0.1, 0.15) is 0 Å². The SMILES string of the molecule is C1C[C@@H]2CNC3(CC3)[C@@H]2C1. The molecule has 1 heteroatoms. The average Bonchev–Trinajstić information content (AvgIpc) is 2.40. The van der Waals surface area contributed by atoms with Gasteiger partial charge in [-0.15, -0.1) is 0 Å². The van der Waals surface area contributed by atoms with E-state index in [0.29, 0.717) is 5.54 Å². The molecule has 0 aromatic heterocycles. The highest BCUT2D eigenvalue weighted by atomic mass is 15.1. The molecule has 56 valence electrons. The van der Waals surface area contributed by atoms with Crippen LogP contribution in [0, 0.1) is 11.8 Å². The standard InChI is InChI=1S/C9H15N/c1-2-7-6-10-9(4-5-9)8(7)3-1/h7-8,10H,1-6H2/t7-,8-/m1/s1.